The van der Waals surface area contributed by atoms with E-state index in [0.717, 1.165) is 5.56 Å². The van der Waals surface area contributed by atoms with Crippen molar-refractivity contribution >= 4 is 9.84 Å². The molecule has 7 heteroatoms. The molecule has 6 nitrogen and oxygen atoms in total. The first kappa shape index (κ1) is 13.7. The van der Waals surface area contributed by atoms with E-state index >= 15 is 0 Å². The minimum atomic E-state index is -3.18. The van der Waals surface area contributed by atoms with Crippen LogP contribution in [0.2, 0.25) is 0 Å². The van der Waals surface area contributed by atoms with Crippen molar-refractivity contribution in [2.24, 2.45) is 7.05 Å². The Labute approximate surface area is 112 Å². The SMILES string of the molecule is COCc1nc(-c2ccc(S(C)(=O)=O)cc2)nn1C. The van der Waals surface area contributed by atoms with Crippen molar-refractivity contribution in [3.05, 3.63) is 30.1 Å². The summed E-state index contributed by atoms with van der Waals surface area (Å²) in [5.41, 5.74) is 0.769. The molecule has 0 N–H and O–H groups in total. The smallest absolute Gasteiger partial charge is 0.181 e. The molecule has 0 bridgehead atoms. The molecule has 102 valence electrons. The van der Waals surface area contributed by atoms with Crippen LogP contribution in [0.4, 0.5) is 0 Å². The summed E-state index contributed by atoms with van der Waals surface area (Å²) in [4.78, 5) is 4.62. The molecule has 0 atom stereocenters. The van der Waals surface area contributed by atoms with Crippen LogP contribution in [0.5, 0.6) is 0 Å². The highest BCUT2D eigenvalue weighted by molar-refractivity contribution is 7.90. The van der Waals surface area contributed by atoms with Gasteiger partial charge in [0.2, 0.25) is 0 Å². The second kappa shape index (κ2) is 5.10. The van der Waals surface area contributed by atoms with E-state index < -0.39 is 9.84 Å². The number of aryl methyl sites for hydroxylation is 1. The number of sulfone groups is 1. The Morgan fingerprint density at radius 1 is 1.26 bits per heavy atom. The molecule has 0 amide bonds. The quantitative estimate of drug-likeness (QED) is 0.837. The highest BCUT2D eigenvalue weighted by Crippen LogP contribution is 2.18. The van der Waals surface area contributed by atoms with Crippen LogP contribution < -0.4 is 0 Å². The van der Waals surface area contributed by atoms with Crippen LogP contribution in [0, 0.1) is 0 Å². The molecule has 1 aromatic heterocycles. The molecule has 0 spiro atoms. The van der Waals surface area contributed by atoms with Crippen LogP contribution in [-0.2, 0) is 28.2 Å². The number of ether oxygens (including phenoxy) is 1. The number of hydrogen-bond acceptors (Lipinski definition) is 5. The van der Waals surface area contributed by atoms with Crippen LogP contribution in [-0.4, -0.2) is 36.5 Å². The van der Waals surface area contributed by atoms with E-state index in [1.54, 1.807) is 43.1 Å². The third kappa shape index (κ3) is 2.99. The molecule has 0 unspecified atom stereocenters. The van der Waals surface area contributed by atoms with Crippen LogP contribution in [0.25, 0.3) is 11.4 Å². The second-order valence-corrected chi connectivity index (χ2v) is 6.22. The monoisotopic (exact) mass is 281 g/mol. The fourth-order valence-electron chi connectivity index (χ4n) is 1.65. The van der Waals surface area contributed by atoms with Gasteiger partial charge in [0.25, 0.3) is 0 Å². The van der Waals surface area contributed by atoms with Gasteiger partial charge >= 0.3 is 0 Å². The van der Waals surface area contributed by atoms with Crippen molar-refractivity contribution in [2.45, 2.75) is 11.5 Å². The van der Waals surface area contributed by atoms with Gasteiger partial charge in [-0.3, -0.25) is 4.68 Å². The van der Waals surface area contributed by atoms with Crippen molar-refractivity contribution in [2.75, 3.05) is 13.4 Å². The molecule has 2 rings (SSSR count). The van der Waals surface area contributed by atoms with Gasteiger partial charge in [-0.25, -0.2) is 13.4 Å². The van der Waals surface area contributed by atoms with Crippen molar-refractivity contribution in [1.82, 2.24) is 14.8 Å². The Bertz CT molecular complexity index is 675. The molecular weight excluding hydrogens is 266 g/mol. The maximum Gasteiger partial charge on any atom is 0.181 e. The number of aromatic nitrogens is 3. The van der Waals surface area contributed by atoms with Crippen molar-refractivity contribution in [1.29, 1.82) is 0 Å². The zero-order valence-electron chi connectivity index (χ0n) is 11.0. The number of nitrogens with zero attached hydrogens (tertiary/aromatic N) is 3. The van der Waals surface area contributed by atoms with E-state index in [4.69, 9.17) is 4.74 Å². The maximum absolute atomic E-state index is 11.4. The second-order valence-electron chi connectivity index (χ2n) is 4.20. The average molecular weight is 281 g/mol. The van der Waals surface area contributed by atoms with Crippen LogP contribution in [0.15, 0.2) is 29.2 Å². The topological polar surface area (TPSA) is 74.1 Å². The highest BCUT2D eigenvalue weighted by atomic mass is 32.2. The normalized spacial score (nSPS) is 11.7. The van der Waals surface area contributed by atoms with E-state index in [-0.39, 0.29) is 4.90 Å². The van der Waals surface area contributed by atoms with Gasteiger partial charge in [-0.05, 0) is 24.3 Å². The molecule has 1 aromatic carbocycles. The van der Waals surface area contributed by atoms with Crippen LogP contribution >= 0.6 is 0 Å². The molecule has 19 heavy (non-hydrogen) atoms. The van der Waals surface area contributed by atoms with E-state index in [1.807, 2.05) is 0 Å². The largest absolute Gasteiger partial charge is 0.377 e. The Balaban J connectivity index is 2.35. The fraction of sp³-hybridized carbons (Fsp3) is 0.333. The summed E-state index contributed by atoms with van der Waals surface area (Å²) in [5, 5.41) is 4.27. The van der Waals surface area contributed by atoms with Crippen molar-refractivity contribution < 1.29 is 13.2 Å². The Morgan fingerprint density at radius 3 is 2.42 bits per heavy atom. The van der Waals surface area contributed by atoms with Crippen molar-refractivity contribution in [3.63, 3.8) is 0 Å². The van der Waals surface area contributed by atoms with Gasteiger partial charge in [-0.15, -0.1) is 0 Å². The third-order valence-electron chi connectivity index (χ3n) is 2.67. The van der Waals surface area contributed by atoms with Gasteiger partial charge < -0.3 is 4.74 Å². The minimum Gasteiger partial charge on any atom is -0.377 e. The first-order chi connectivity index (χ1) is 8.91. The van der Waals surface area contributed by atoms with Gasteiger partial charge in [0.1, 0.15) is 6.61 Å². The summed E-state index contributed by atoms with van der Waals surface area (Å²) in [5.74, 6) is 1.26. The summed E-state index contributed by atoms with van der Waals surface area (Å²) < 4.78 is 29.4. The minimum absolute atomic E-state index is 0.282. The number of benzene rings is 1. The predicted molar refractivity (Wildman–Crippen MR) is 70.3 cm³/mol. The molecule has 0 aliphatic heterocycles. The highest BCUT2D eigenvalue weighted by Gasteiger charge is 2.11. The number of rotatable bonds is 4. The molecule has 0 aliphatic carbocycles. The predicted octanol–water partition coefficient (Wildman–Crippen LogP) is 1.03. The fourth-order valence-corrected chi connectivity index (χ4v) is 2.28. The first-order valence-electron chi connectivity index (χ1n) is 5.61. The van der Waals surface area contributed by atoms with Crippen LogP contribution in [0.3, 0.4) is 0 Å². The van der Waals surface area contributed by atoms with Gasteiger partial charge in [0, 0.05) is 26.0 Å². The van der Waals surface area contributed by atoms with Gasteiger partial charge in [-0.2, -0.15) is 5.10 Å². The summed E-state index contributed by atoms with van der Waals surface area (Å²) in [6.07, 6.45) is 1.18. The lowest BCUT2D eigenvalue weighted by Gasteiger charge is -1.99. The summed E-state index contributed by atoms with van der Waals surface area (Å²) in [7, 11) is 0.201. The lowest BCUT2D eigenvalue weighted by molar-refractivity contribution is 0.174. The zero-order valence-corrected chi connectivity index (χ0v) is 11.8. The van der Waals surface area contributed by atoms with E-state index in [1.165, 1.54) is 6.26 Å². The zero-order chi connectivity index (χ0) is 14.0. The molecule has 0 radical (unpaired) electrons. The maximum atomic E-state index is 11.4. The Morgan fingerprint density at radius 2 is 1.89 bits per heavy atom. The van der Waals surface area contributed by atoms with Gasteiger partial charge in [-0.1, -0.05) is 0 Å². The average Bonchev–Trinajstić information content (AvgIpc) is 2.71. The molecule has 1 heterocycles. The van der Waals surface area contributed by atoms with Crippen LogP contribution in [0.1, 0.15) is 5.82 Å². The van der Waals surface area contributed by atoms with E-state index in [9.17, 15) is 8.42 Å². The Hall–Kier alpha value is -1.73. The lowest BCUT2D eigenvalue weighted by atomic mass is 10.2. The van der Waals surface area contributed by atoms with E-state index in [2.05, 4.69) is 10.1 Å². The van der Waals surface area contributed by atoms with E-state index in [0.29, 0.717) is 18.3 Å². The van der Waals surface area contributed by atoms with Crippen molar-refractivity contribution in [3.8, 4) is 11.4 Å². The summed E-state index contributed by atoms with van der Waals surface area (Å²) in [6.45, 7) is 0.380. The van der Waals surface area contributed by atoms with Gasteiger partial charge in [0.15, 0.2) is 21.5 Å². The summed E-state index contributed by atoms with van der Waals surface area (Å²) in [6, 6.07) is 6.50. The first-order valence-corrected chi connectivity index (χ1v) is 7.50. The molecule has 0 aliphatic rings. The third-order valence-corrected chi connectivity index (χ3v) is 3.80. The molecular formula is C12H15N3O3S. The molecule has 2 aromatic rings. The standard InChI is InChI=1S/C12H15N3O3S/c1-15-11(8-18-2)13-12(14-15)9-4-6-10(7-5-9)19(3,16)17/h4-7H,8H2,1-3H3. The number of methoxy groups -OCH3 is 1. The summed E-state index contributed by atoms with van der Waals surface area (Å²) >= 11 is 0. The lowest BCUT2D eigenvalue weighted by Crippen LogP contribution is -2.00. The molecule has 0 fully saturated rings. The number of hydrogen-bond donors (Lipinski definition) is 0. The Kier molecular flexibility index (Phi) is 3.68. The molecule has 0 saturated heterocycles. The molecule has 0 saturated carbocycles. The van der Waals surface area contributed by atoms with Gasteiger partial charge in [0.05, 0.1) is 4.90 Å².